The van der Waals surface area contributed by atoms with Crippen LogP contribution in [0.4, 0.5) is 10.1 Å². The highest BCUT2D eigenvalue weighted by atomic mass is 35.5. The fourth-order valence-electron chi connectivity index (χ4n) is 4.35. The Balaban J connectivity index is 1.86. The number of aromatic nitrogens is 1. The zero-order chi connectivity index (χ0) is 23.0. The van der Waals surface area contributed by atoms with Crippen LogP contribution in [0.5, 0.6) is 0 Å². The molecule has 172 valence electrons. The van der Waals surface area contributed by atoms with Gasteiger partial charge in [0, 0.05) is 31.7 Å². The number of nitrogens with one attached hydrogen (secondary N) is 1. The predicted octanol–water partition coefficient (Wildman–Crippen LogP) is 3.45. The summed E-state index contributed by atoms with van der Waals surface area (Å²) in [5.74, 6) is -1.30. The molecule has 0 spiro atoms. The van der Waals surface area contributed by atoms with Gasteiger partial charge in [-0.15, -0.1) is 0 Å². The van der Waals surface area contributed by atoms with Crippen LogP contribution in [0.15, 0.2) is 17.1 Å². The SMILES string of the molecule is CCCNC1CN(c2c(F)cc3c(=O)c(C(=O)OC)cn(C4CC4)c3c2Cl)CCCC1=O. The second kappa shape index (κ2) is 9.19. The lowest BCUT2D eigenvalue weighted by Gasteiger charge is -2.28. The highest BCUT2D eigenvalue weighted by Crippen LogP contribution is 2.42. The monoisotopic (exact) mass is 463 g/mol. The van der Waals surface area contributed by atoms with E-state index >= 15 is 4.39 Å². The first-order valence-electron chi connectivity index (χ1n) is 11.0. The van der Waals surface area contributed by atoms with Crippen molar-refractivity contribution in [1.29, 1.82) is 0 Å². The number of benzene rings is 1. The van der Waals surface area contributed by atoms with E-state index in [0.29, 0.717) is 38.0 Å². The quantitative estimate of drug-likeness (QED) is 0.661. The molecule has 32 heavy (non-hydrogen) atoms. The number of rotatable bonds is 6. The fraction of sp³-hybridized carbons (Fsp3) is 0.522. The van der Waals surface area contributed by atoms with E-state index in [1.807, 2.05) is 6.92 Å². The second-order valence-electron chi connectivity index (χ2n) is 8.44. The number of pyridine rings is 1. The third-order valence-corrected chi connectivity index (χ3v) is 6.49. The molecule has 2 aliphatic rings. The van der Waals surface area contributed by atoms with Gasteiger partial charge in [-0.3, -0.25) is 9.59 Å². The summed E-state index contributed by atoms with van der Waals surface area (Å²) in [6.07, 6.45) is 5.11. The molecular formula is C23H27ClFN3O4. The van der Waals surface area contributed by atoms with E-state index in [9.17, 15) is 14.4 Å². The van der Waals surface area contributed by atoms with Crippen molar-refractivity contribution in [3.05, 3.63) is 38.9 Å². The van der Waals surface area contributed by atoms with Gasteiger partial charge in [-0.05, 0) is 38.3 Å². The highest BCUT2D eigenvalue weighted by molar-refractivity contribution is 6.38. The van der Waals surface area contributed by atoms with E-state index < -0.39 is 23.3 Å². The van der Waals surface area contributed by atoms with Gasteiger partial charge in [0.1, 0.15) is 11.4 Å². The molecule has 1 aliphatic carbocycles. The number of ketones is 1. The summed E-state index contributed by atoms with van der Waals surface area (Å²) in [5.41, 5.74) is -0.141. The van der Waals surface area contributed by atoms with Crippen molar-refractivity contribution in [1.82, 2.24) is 9.88 Å². The van der Waals surface area contributed by atoms with E-state index in [2.05, 4.69) is 5.32 Å². The molecule has 1 unspecified atom stereocenters. The van der Waals surface area contributed by atoms with Crippen molar-refractivity contribution in [3.63, 3.8) is 0 Å². The van der Waals surface area contributed by atoms with Crippen LogP contribution in [0.3, 0.4) is 0 Å². The van der Waals surface area contributed by atoms with Gasteiger partial charge in [0.25, 0.3) is 0 Å². The van der Waals surface area contributed by atoms with Gasteiger partial charge in [-0.25, -0.2) is 9.18 Å². The average molecular weight is 464 g/mol. The van der Waals surface area contributed by atoms with Gasteiger partial charge in [-0.2, -0.15) is 0 Å². The lowest BCUT2D eigenvalue weighted by molar-refractivity contribution is -0.120. The van der Waals surface area contributed by atoms with Crippen LogP contribution in [0.2, 0.25) is 5.02 Å². The normalized spacial score (nSPS) is 19.3. The van der Waals surface area contributed by atoms with Crippen LogP contribution >= 0.6 is 11.6 Å². The predicted molar refractivity (Wildman–Crippen MR) is 121 cm³/mol. The number of carbonyl (C=O) groups excluding carboxylic acids is 2. The van der Waals surface area contributed by atoms with Crippen molar-refractivity contribution in [2.45, 2.75) is 51.1 Å². The molecule has 0 bridgehead atoms. The summed E-state index contributed by atoms with van der Waals surface area (Å²) >= 11 is 6.77. The molecule has 2 aromatic rings. The van der Waals surface area contributed by atoms with Crippen LogP contribution in [-0.4, -0.2) is 49.1 Å². The number of nitrogens with zero attached hydrogens (tertiary/aromatic N) is 2. The summed E-state index contributed by atoms with van der Waals surface area (Å²) in [5, 5.41) is 3.43. The Morgan fingerprint density at radius 3 is 2.75 bits per heavy atom. The average Bonchev–Trinajstić information content (AvgIpc) is 3.62. The minimum Gasteiger partial charge on any atom is -0.465 e. The molecule has 4 rings (SSSR count). The zero-order valence-electron chi connectivity index (χ0n) is 18.2. The smallest absolute Gasteiger partial charge is 0.343 e. The van der Waals surface area contributed by atoms with Crippen molar-refractivity contribution in [3.8, 4) is 0 Å². The van der Waals surface area contributed by atoms with Crippen LogP contribution < -0.4 is 15.6 Å². The topological polar surface area (TPSA) is 80.6 Å². The molecule has 7 nitrogen and oxygen atoms in total. The number of fused-ring (bicyclic) bond motifs is 1. The molecule has 1 N–H and O–H groups in total. The summed E-state index contributed by atoms with van der Waals surface area (Å²) in [6, 6.07) is 0.837. The van der Waals surface area contributed by atoms with Crippen LogP contribution in [0.1, 0.15) is 55.4 Å². The Labute approximate surface area is 190 Å². The first-order chi connectivity index (χ1) is 15.4. The second-order valence-corrected chi connectivity index (χ2v) is 8.82. The Morgan fingerprint density at radius 1 is 1.34 bits per heavy atom. The molecule has 1 aromatic heterocycles. The molecule has 1 saturated carbocycles. The van der Waals surface area contributed by atoms with Gasteiger partial charge in [0.05, 0.1) is 34.8 Å². The van der Waals surface area contributed by atoms with Crippen molar-refractivity contribution in [2.24, 2.45) is 0 Å². The first-order valence-corrected chi connectivity index (χ1v) is 11.4. The lowest BCUT2D eigenvalue weighted by atomic mass is 10.1. The van der Waals surface area contributed by atoms with Crippen LogP contribution in [0.25, 0.3) is 10.9 Å². The van der Waals surface area contributed by atoms with Crippen molar-refractivity contribution in [2.75, 3.05) is 31.6 Å². The van der Waals surface area contributed by atoms with Gasteiger partial charge in [0.15, 0.2) is 5.78 Å². The van der Waals surface area contributed by atoms with Crippen molar-refractivity contribution >= 4 is 39.9 Å². The summed E-state index contributed by atoms with van der Waals surface area (Å²) in [4.78, 5) is 39.4. The van der Waals surface area contributed by atoms with Crippen LogP contribution in [-0.2, 0) is 9.53 Å². The number of Topliss-reactive ketones (excluding diaryl/α,β-unsaturated/α-hetero) is 1. The van der Waals surface area contributed by atoms with E-state index in [4.69, 9.17) is 16.3 Å². The standard InChI is InChI=1S/C23H27ClFN3O4/c1-3-8-26-17-12-27(9-4-5-18(17)29)21-16(25)10-14-20(19(21)24)28(13-6-7-13)11-15(22(14)30)23(31)32-2/h10-11,13,17,26H,3-9,12H2,1-2H3. The number of halogens is 2. The number of hydrogen-bond donors (Lipinski definition) is 1. The fourth-order valence-corrected chi connectivity index (χ4v) is 4.76. The largest absolute Gasteiger partial charge is 0.465 e. The number of methoxy groups -OCH3 is 1. The Morgan fingerprint density at radius 2 is 2.09 bits per heavy atom. The molecule has 1 aromatic carbocycles. The molecule has 0 amide bonds. The highest BCUT2D eigenvalue weighted by Gasteiger charge is 2.32. The molecule has 2 heterocycles. The molecule has 1 atom stereocenters. The summed E-state index contributed by atoms with van der Waals surface area (Å²) in [6.45, 7) is 3.49. The molecule has 1 aliphatic heterocycles. The Kier molecular flexibility index (Phi) is 6.53. The van der Waals surface area contributed by atoms with Gasteiger partial charge in [-0.1, -0.05) is 18.5 Å². The third-order valence-electron chi connectivity index (χ3n) is 6.13. The number of hydrogen-bond acceptors (Lipinski definition) is 6. The Hall–Kier alpha value is -2.45. The molecule has 0 radical (unpaired) electrons. The van der Waals surface area contributed by atoms with Crippen LogP contribution in [0, 0.1) is 5.82 Å². The molecule has 2 fully saturated rings. The Bertz CT molecular complexity index is 1130. The number of carbonyl (C=O) groups is 2. The third kappa shape index (κ3) is 4.13. The number of anilines is 1. The lowest BCUT2D eigenvalue weighted by Crippen LogP contribution is -2.45. The first kappa shape index (κ1) is 22.7. The maximum atomic E-state index is 15.4. The van der Waals surface area contributed by atoms with E-state index in [1.165, 1.54) is 13.3 Å². The van der Waals surface area contributed by atoms with E-state index in [0.717, 1.165) is 25.3 Å². The maximum absolute atomic E-state index is 15.4. The minimum atomic E-state index is -0.761. The van der Waals surface area contributed by atoms with Crippen molar-refractivity contribution < 1.29 is 18.7 Å². The molecule has 1 saturated heterocycles. The maximum Gasteiger partial charge on any atom is 0.343 e. The molecule has 9 heteroatoms. The van der Waals surface area contributed by atoms with Gasteiger partial charge >= 0.3 is 5.97 Å². The zero-order valence-corrected chi connectivity index (χ0v) is 19.0. The number of ether oxygens (including phenoxy) is 1. The summed E-state index contributed by atoms with van der Waals surface area (Å²) < 4.78 is 22.0. The molecular weight excluding hydrogens is 437 g/mol. The van der Waals surface area contributed by atoms with E-state index in [1.54, 1.807) is 9.47 Å². The minimum absolute atomic E-state index is 0.0533. The van der Waals surface area contributed by atoms with Gasteiger partial charge < -0.3 is 19.5 Å². The van der Waals surface area contributed by atoms with Gasteiger partial charge in [0.2, 0.25) is 5.43 Å². The summed E-state index contributed by atoms with van der Waals surface area (Å²) in [7, 11) is 1.20. The number of esters is 1. The van der Waals surface area contributed by atoms with E-state index in [-0.39, 0.29) is 33.5 Å².